The molecule has 1 aromatic carbocycles. The lowest BCUT2D eigenvalue weighted by Crippen LogP contribution is -2.48. The summed E-state index contributed by atoms with van der Waals surface area (Å²) < 4.78 is 0. The molecule has 2 unspecified atom stereocenters. The van der Waals surface area contributed by atoms with Crippen molar-refractivity contribution in [3.05, 3.63) is 33.9 Å². The number of aryl methyl sites for hydroxylation is 1. The fourth-order valence-electron chi connectivity index (χ4n) is 3.12. The average molecular weight is 335 g/mol. The van der Waals surface area contributed by atoms with Crippen molar-refractivity contribution in [2.45, 2.75) is 37.6 Å². The van der Waals surface area contributed by atoms with Gasteiger partial charge in [-0.25, -0.2) is 0 Å². The van der Waals surface area contributed by atoms with Gasteiger partial charge in [-0.1, -0.05) is 6.07 Å². The van der Waals surface area contributed by atoms with Crippen LogP contribution >= 0.6 is 11.8 Å². The van der Waals surface area contributed by atoms with E-state index in [-0.39, 0.29) is 22.4 Å². The maximum Gasteiger partial charge on any atom is 0.274 e. The van der Waals surface area contributed by atoms with Gasteiger partial charge in [-0.3, -0.25) is 19.7 Å². The number of thioether (sulfide) groups is 1. The molecule has 1 N–H and O–H groups in total. The molecule has 0 radical (unpaired) electrons. The average Bonchev–Trinajstić information content (AvgIpc) is 2.98. The quantitative estimate of drug-likeness (QED) is 0.676. The summed E-state index contributed by atoms with van der Waals surface area (Å²) in [4.78, 5) is 36.5. The van der Waals surface area contributed by atoms with Crippen LogP contribution in [0.25, 0.3) is 0 Å². The SMILES string of the molecule is Cc1ccc(NC(=O)C2CSC3(C)CCC(=O)N23)cc1[N+](=O)[O-]. The summed E-state index contributed by atoms with van der Waals surface area (Å²) in [7, 11) is 0. The van der Waals surface area contributed by atoms with Gasteiger partial charge in [-0.2, -0.15) is 0 Å². The number of amides is 2. The zero-order valence-electron chi connectivity index (χ0n) is 12.9. The number of nitrogens with one attached hydrogen (secondary N) is 1. The molecule has 2 aliphatic rings. The number of hydrogen-bond donors (Lipinski definition) is 1. The lowest BCUT2D eigenvalue weighted by atomic mass is 10.1. The molecule has 0 bridgehead atoms. The van der Waals surface area contributed by atoms with Gasteiger partial charge in [-0.05, 0) is 26.3 Å². The Morgan fingerprint density at radius 2 is 2.26 bits per heavy atom. The topological polar surface area (TPSA) is 92.6 Å². The van der Waals surface area contributed by atoms with Crippen LogP contribution in [-0.2, 0) is 9.59 Å². The van der Waals surface area contributed by atoms with Crippen molar-refractivity contribution in [3.63, 3.8) is 0 Å². The van der Waals surface area contributed by atoms with Crippen molar-refractivity contribution in [3.8, 4) is 0 Å². The van der Waals surface area contributed by atoms with Crippen molar-refractivity contribution in [1.82, 2.24) is 4.90 Å². The number of anilines is 1. The maximum absolute atomic E-state index is 12.5. The number of carbonyl (C=O) groups is 2. The Hall–Kier alpha value is -2.09. The smallest absolute Gasteiger partial charge is 0.274 e. The summed E-state index contributed by atoms with van der Waals surface area (Å²) in [6.07, 6.45) is 1.21. The maximum atomic E-state index is 12.5. The van der Waals surface area contributed by atoms with Crippen molar-refractivity contribution < 1.29 is 14.5 Å². The molecule has 0 aliphatic carbocycles. The minimum Gasteiger partial charge on any atom is -0.324 e. The Labute approximate surface area is 137 Å². The summed E-state index contributed by atoms with van der Waals surface area (Å²) in [6.45, 7) is 3.62. The van der Waals surface area contributed by atoms with E-state index in [1.165, 1.54) is 6.07 Å². The first-order chi connectivity index (χ1) is 10.8. The van der Waals surface area contributed by atoms with Crippen LogP contribution in [0.15, 0.2) is 18.2 Å². The number of nitrogens with zero attached hydrogens (tertiary/aromatic N) is 2. The van der Waals surface area contributed by atoms with E-state index in [9.17, 15) is 19.7 Å². The van der Waals surface area contributed by atoms with Crippen LogP contribution in [0, 0.1) is 17.0 Å². The molecule has 2 saturated heterocycles. The summed E-state index contributed by atoms with van der Waals surface area (Å²) in [5, 5.41) is 13.7. The number of carbonyl (C=O) groups excluding carboxylic acids is 2. The molecule has 2 heterocycles. The molecule has 3 rings (SSSR count). The van der Waals surface area contributed by atoms with E-state index >= 15 is 0 Å². The predicted octanol–water partition coefficient (Wildman–Crippen LogP) is 2.30. The molecule has 0 saturated carbocycles. The number of hydrogen-bond acceptors (Lipinski definition) is 5. The van der Waals surface area contributed by atoms with E-state index in [2.05, 4.69) is 5.32 Å². The van der Waals surface area contributed by atoms with Crippen LogP contribution in [0.3, 0.4) is 0 Å². The zero-order chi connectivity index (χ0) is 16.8. The second-order valence-corrected chi connectivity index (χ2v) is 7.51. The molecule has 7 nitrogen and oxygen atoms in total. The first-order valence-electron chi connectivity index (χ1n) is 7.34. The standard InChI is InChI=1S/C15H17N3O4S/c1-9-3-4-10(7-11(9)18(21)22)16-14(20)12-8-23-15(2)6-5-13(19)17(12)15/h3-4,7,12H,5-6,8H2,1-2H3,(H,16,20). The van der Waals surface area contributed by atoms with E-state index in [1.807, 2.05) is 6.92 Å². The number of nitro groups is 1. The van der Waals surface area contributed by atoms with Gasteiger partial charge in [-0.15, -0.1) is 11.8 Å². The summed E-state index contributed by atoms with van der Waals surface area (Å²) >= 11 is 1.61. The second kappa shape index (κ2) is 5.52. The Kier molecular flexibility index (Phi) is 3.79. The highest BCUT2D eigenvalue weighted by Crippen LogP contribution is 2.47. The summed E-state index contributed by atoms with van der Waals surface area (Å²) in [6, 6.07) is 4.05. The van der Waals surface area contributed by atoms with E-state index in [0.29, 0.717) is 23.4 Å². The molecule has 2 atom stereocenters. The molecule has 2 aliphatic heterocycles. The van der Waals surface area contributed by atoms with Gasteiger partial charge in [0.15, 0.2) is 0 Å². The highest BCUT2D eigenvalue weighted by atomic mass is 32.2. The third kappa shape index (κ3) is 2.67. The van der Waals surface area contributed by atoms with Gasteiger partial charge in [0.2, 0.25) is 11.8 Å². The zero-order valence-corrected chi connectivity index (χ0v) is 13.7. The first-order valence-corrected chi connectivity index (χ1v) is 8.32. The van der Waals surface area contributed by atoms with Crippen LogP contribution in [-0.4, -0.2) is 38.3 Å². The van der Waals surface area contributed by atoms with Crippen LogP contribution in [0.5, 0.6) is 0 Å². The van der Waals surface area contributed by atoms with Gasteiger partial charge < -0.3 is 10.2 Å². The van der Waals surface area contributed by atoms with E-state index < -0.39 is 11.0 Å². The molecule has 2 amide bonds. The lowest BCUT2D eigenvalue weighted by molar-refractivity contribution is -0.385. The van der Waals surface area contributed by atoms with Gasteiger partial charge in [0.1, 0.15) is 6.04 Å². The van der Waals surface area contributed by atoms with Crippen LogP contribution < -0.4 is 5.32 Å². The normalized spacial score (nSPS) is 26.3. The Morgan fingerprint density at radius 3 is 2.96 bits per heavy atom. The fraction of sp³-hybridized carbons (Fsp3) is 0.467. The molecule has 1 aromatic rings. The first kappa shape index (κ1) is 15.8. The molecule has 0 aromatic heterocycles. The second-order valence-electron chi connectivity index (χ2n) is 6.01. The number of fused-ring (bicyclic) bond motifs is 1. The summed E-state index contributed by atoms with van der Waals surface area (Å²) in [5.41, 5.74) is 0.870. The van der Waals surface area contributed by atoms with Crippen LogP contribution in [0.4, 0.5) is 11.4 Å². The minimum atomic E-state index is -0.527. The predicted molar refractivity (Wildman–Crippen MR) is 87.2 cm³/mol. The molecule has 23 heavy (non-hydrogen) atoms. The number of benzene rings is 1. The molecule has 8 heteroatoms. The monoisotopic (exact) mass is 335 g/mol. The van der Waals surface area contributed by atoms with Crippen molar-refractivity contribution in [1.29, 1.82) is 0 Å². The van der Waals surface area contributed by atoms with Gasteiger partial charge >= 0.3 is 0 Å². The Morgan fingerprint density at radius 1 is 1.52 bits per heavy atom. The van der Waals surface area contributed by atoms with E-state index in [0.717, 1.165) is 6.42 Å². The van der Waals surface area contributed by atoms with Gasteiger partial charge in [0.05, 0.1) is 9.79 Å². The highest BCUT2D eigenvalue weighted by molar-refractivity contribution is 8.01. The molecular formula is C15H17N3O4S. The van der Waals surface area contributed by atoms with Gasteiger partial charge in [0.25, 0.3) is 5.69 Å². The Balaban J connectivity index is 1.79. The van der Waals surface area contributed by atoms with Crippen molar-refractivity contribution in [2.24, 2.45) is 0 Å². The van der Waals surface area contributed by atoms with Crippen molar-refractivity contribution >= 4 is 35.0 Å². The van der Waals surface area contributed by atoms with Crippen LogP contribution in [0.1, 0.15) is 25.3 Å². The number of nitro benzene ring substituents is 1. The van der Waals surface area contributed by atoms with Crippen molar-refractivity contribution in [2.75, 3.05) is 11.1 Å². The minimum absolute atomic E-state index is 0.00691. The van der Waals surface area contributed by atoms with Gasteiger partial charge in [0, 0.05) is 29.5 Å². The molecule has 122 valence electrons. The summed E-state index contributed by atoms with van der Waals surface area (Å²) in [5.74, 6) is 0.240. The van der Waals surface area contributed by atoms with E-state index in [4.69, 9.17) is 0 Å². The molecule has 0 spiro atoms. The molecular weight excluding hydrogens is 318 g/mol. The van der Waals surface area contributed by atoms with Crippen LogP contribution in [0.2, 0.25) is 0 Å². The lowest BCUT2D eigenvalue weighted by Gasteiger charge is -2.29. The highest BCUT2D eigenvalue weighted by Gasteiger charge is 2.52. The molecule has 2 fully saturated rings. The fourth-order valence-corrected chi connectivity index (χ4v) is 4.56. The van der Waals surface area contributed by atoms with E-state index in [1.54, 1.807) is 35.7 Å². The number of rotatable bonds is 3. The third-order valence-corrected chi connectivity index (χ3v) is 5.93. The largest absolute Gasteiger partial charge is 0.324 e. The Bertz CT molecular complexity index is 708. The third-order valence-electron chi connectivity index (χ3n) is 4.42.